The predicted molar refractivity (Wildman–Crippen MR) is 99.6 cm³/mol. The lowest BCUT2D eigenvalue weighted by atomic mass is 10.2. The van der Waals surface area contributed by atoms with E-state index in [1.54, 1.807) is 13.8 Å². The minimum absolute atomic E-state index is 0.104. The number of aryl methyl sites for hydroxylation is 1. The van der Waals surface area contributed by atoms with Crippen molar-refractivity contribution in [2.24, 2.45) is 0 Å². The lowest BCUT2D eigenvalue weighted by molar-refractivity contribution is -0.385. The molecule has 28 heavy (non-hydrogen) atoms. The van der Waals surface area contributed by atoms with Crippen molar-refractivity contribution in [1.82, 2.24) is 29.4 Å². The first-order chi connectivity index (χ1) is 13.4. The summed E-state index contributed by atoms with van der Waals surface area (Å²) in [5, 5.41) is 20.1. The first-order valence-corrected chi connectivity index (χ1v) is 9.22. The number of carbonyl (C=O) groups excluding carboxylic acids is 1. The van der Waals surface area contributed by atoms with Gasteiger partial charge in [-0.1, -0.05) is 0 Å². The van der Waals surface area contributed by atoms with Crippen molar-refractivity contribution >= 4 is 38.9 Å². The molecule has 4 aromatic heterocycles. The number of rotatable bonds is 5. The van der Waals surface area contributed by atoms with Crippen LogP contribution in [0.5, 0.6) is 0 Å². The SMILES string of the molecule is CCOC(=O)c1sc2ncn3nc(C(C)n4cc([N+](=O)[O-])cn4)nc3c2c1C. The number of fused-ring (bicyclic) bond motifs is 3. The van der Waals surface area contributed by atoms with Crippen LogP contribution in [0, 0.1) is 17.0 Å². The van der Waals surface area contributed by atoms with Crippen molar-refractivity contribution in [2.75, 3.05) is 6.61 Å². The Morgan fingerprint density at radius 3 is 2.93 bits per heavy atom. The number of aromatic nitrogens is 6. The summed E-state index contributed by atoms with van der Waals surface area (Å²) in [7, 11) is 0. The van der Waals surface area contributed by atoms with Gasteiger partial charge < -0.3 is 4.74 Å². The van der Waals surface area contributed by atoms with Crippen LogP contribution in [-0.2, 0) is 4.74 Å². The van der Waals surface area contributed by atoms with Crippen molar-refractivity contribution < 1.29 is 14.5 Å². The van der Waals surface area contributed by atoms with E-state index >= 15 is 0 Å². The molecular formula is C16H15N7O4S. The molecule has 0 fully saturated rings. The van der Waals surface area contributed by atoms with E-state index in [0.717, 1.165) is 10.9 Å². The first kappa shape index (κ1) is 18.0. The average molecular weight is 401 g/mol. The second-order valence-corrected chi connectivity index (χ2v) is 7.05. The molecule has 0 amide bonds. The van der Waals surface area contributed by atoms with Crippen molar-refractivity contribution in [1.29, 1.82) is 0 Å². The van der Waals surface area contributed by atoms with Gasteiger partial charge in [-0.3, -0.25) is 14.8 Å². The monoisotopic (exact) mass is 401 g/mol. The van der Waals surface area contributed by atoms with Gasteiger partial charge in [0.05, 0.1) is 16.9 Å². The van der Waals surface area contributed by atoms with Gasteiger partial charge in [0.25, 0.3) is 0 Å². The van der Waals surface area contributed by atoms with Crippen molar-refractivity contribution in [2.45, 2.75) is 26.8 Å². The number of nitrogens with zero attached hydrogens (tertiary/aromatic N) is 7. The number of nitro groups is 1. The number of esters is 1. The van der Waals surface area contributed by atoms with E-state index in [2.05, 4.69) is 20.2 Å². The lowest BCUT2D eigenvalue weighted by Gasteiger charge is -2.05. The Kier molecular flexibility index (Phi) is 4.26. The van der Waals surface area contributed by atoms with Gasteiger partial charge in [-0.25, -0.2) is 19.3 Å². The molecule has 0 radical (unpaired) electrons. The topological polar surface area (TPSA) is 130 Å². The summed E-state index contributed by atoms with van der Waals surface area (Å²) in [6.45, 7) is 5.66. The maximum Gasteiger partial charge on any atom is 0.348 e. The fourth-order valence-electron chi connectivity index (χ4n) is 2.87. The Hall–Kier alpha value is -3.41. The van der Waals surface area contributed by atoms with E-state index in [1.807, 2.05) is 6.92 Å². The Labute approximate surface area is 161 Å². The fraction of sp³-hybridized carbons (Fsp3) is 0.312. The van der Waals surface area contributed by atoms with E-state index in [-0.39, 0.29) is 12.3 Å². The normalized spacial score (nSPS) is 12.5. The van der Waals surface area contributed by atoms with E-state index in [4.69, 9.17) is 4.74 Å². The maximum atomic E-state index is 12.2. The number of hydrogen-bond donors (Lipinski definition) is 0. The quantitative estimate of drug-likeness (QED) is 0.283. The summed E-state index contributed by atoms with van der Waals surface area (Å²) in [4.78, 5) is 32.6. The predicted octanol–water partition coefficient (Wildman–Crippen LogP) is 2.54. The summed E-state index contributed by atoms with van der Waals surface area (Å²) in [5.74, 6) is 0.0358. The third-order valence-electron chi connectivity index (χ3n) is 4.31. The second kappa shape index (κ2) is 6.64. The molecule has 4 aromatic rings. The van der Waals surface area contributed by atoms with Crippen LogP contribution in [-0.4, -0.2) is 46.9 Å². The highest BCUT2D eigenvalue weighted by Crippen LogP contribution is 2.32. The summed E-state index contributed by atoms with van der Waals surface area (Å²) in [6.07, 6.45) is 4.04. The number of ether oxygens (including phenoxy) is 1. The van der Waals surface area contributed by atoms with Gasteiger partial charge in [-0.2, -0.15) is 5.10 Å². The molecule has 0 aliphatic heterocycles. The summed E-state index contributed by atoms with van der Waals surface area (Å²) >= 11 is 1.25. The molecule has 0 aliphatic rings. The van der Waals surface area contributed by atoms with Crippen LogP contribution < -0.4 is 0 Å². The molecule has 0 aliphatic carbocycles. The lowest BCUT2D eigenvalue weighted by Crippen LogP contribution is -2.09. The van der Waals surface area contributed by atoms with Crippen molar-refractivity contribution in [3.63, 3.8) is 0 Å². The van der Waals surface area contributed by atoms with E-state index in [1.165, 1.54) is 39.3 Å². The van der Waals surface area contributed by atoms with Crippen LogP contribution in [0.15, 0.2) is 18.7 Å². The molecule has 4 heterocycles. The summed E-state index contributed by atoms with van der Waals surface area (Å²) < 4.78 is 8.07. The van der Waals surface area contributed by atoms with Gasteiger partial charge in [0.2, 0.25) is 0 Å². The minimum Gasteiger partial charge on any atom is -0.462 e. The molecule has 0 saturated carbocycles. The van der Waals surface area contributed by atoms with Gasteiger partial charge in [0, 0.05) is 0 Å². The van der Waals surface area contributed by atoms with E-state index in [9.17, 15) is 14.9 Å². The molecule has 0 bridgehead atoms. The summed E-state index contributed by atoms with van der Waals surface area (Å²) in [5.41, 5.74) is 1.18. The van der Waals surface area contributed by atoms with Gasteiger partial charge in [0.1, 0.15) is 34.5 Å². The highest BCUT2D eigenvalue weighted by Gasteiger charge is 2.23. The number of hydrogen-bond acceptors (Lipinski definition) is 9. The standard InChI is InChI=1S/C16H15N7O4S/c1-4-27-16(24)12-8(2)11-14-19-13(20-22(14)7-17-15(11)28-12)9(3)21-6-10(5-18-21)23(25)26/h5-7,9H,4H2,1-3H3. The smallest absolute Gasteiger partial charge is 0.348 e. The molecule has 12 heteroatoms. The Morgan fingerprint density at radius 2 is 2.25 bits per heavy atom. The highest BCUT2D eigenvalue weighted by molar-refractivity contribution is 7.20. The van der Waals surface area contributed by atoms with E-state index < -0.39 is 16.9 Å². The third-order valence-corrected chi connectivity index (χ3v) is 5.49. The molecule has 144 valence electrons. The minimum atomic E-state index is -0.508. The highest BCUT2D eigenvalue weighted by atomic mass is 32.1. The summed E-state index contributed by atoms with van der Waals surface area (Å²) in [6, 6.07) is -0.424. The molecule has 4 rings (SSSR count). The molecule has 0 saturated heterocycles. The maximum absolute atomic E-state index is 12.2. The molecular weight excluding hydrogens is 386 g/mol. The van der Waals surface area contributed by atoms with Crippen LogP contribution in [0.4, 0.5) is 5.69 Å². The largest absolute Gasteiger partial charge is 0.462 e. The Balaban J connectivity index is 1.80. The van der Waals surface area contributed by atoms with Crippen LogP contribution in [0.3, 0.4) is 0 Å². The van der Waals surface area contributed by atoms with Gasteiger partial charge in [-0.05, 0) is 26.3 Å². The molecule has 0 spiro atoms. The molecule has 1 unspecified atom stereocenters. The zero-order valence-corrected chi connectivity index (χ0v) is 16.0. The van der Waals surface area contributed by atoms with Gasteiger partial charge in [-0.15, -0.1) is 16.4 Å². The first-order valence-electron chi connectivity index (χ1n) is 8.40. The van der Waals surface area contributed by atoms with Crippen LogP contribution in [0.2, 0.25) is 0 Å². The van der Waals surface area contributed by atoms with Crippen molar-refractivity contribution in [3.8, 4) is 0 Å². The molecule has 0 aromatic carbocycles. The van der Waals surface area contributed by atoms with Gasteiger partial charge in [0.15, 0.2) is 11.5 Å². The molecule has 0 N–H and O–H groups in total. The fourth-order valence-corrected chi connectivity index (χ4v) is 3.91. The van der Waals surface area contributed by atoms with Gasteiger partial charge >= 0.3 is 11.7 Å². The molecule has 11 nitrogen and oxygen atoms in total. The number of carbonyl (C=O) groups is 1. The Morgan fingerprint density at radius 1 is 1.46 bits per heavy atom. The zero-order chi connectivity index (χ0) is 20.0. The zero-order valence-electron chi connectivity index (χ0n) is 15.2. The van der Waals surface area contributed by atoms with Crippen LogP contribution in [0.25, 0.3) is 15.9 Å². The average Bonchev–Trinajstić information content (AvgIpc) is 3.37. The number of thiophene rings is 1. The second-order valence-electron chi connectivity index (χ2n) is 6.05. The third kappa shape index (κ3) is 2.78. The van der Waals surface area contributed by atoms with E-state index in [0.29, 0.717) is 21.2 Å². The Bertz CT molecular complexity index is 1220. The van der Waals surface area contributed by atoms with Crippen LogP contribution in [0.1, 0.15) is 40.9 Å². The van der Waals surface area contributed by atoms with Crippen molar-refractivity contribution in [3.05, 3.63) is 45.1 Å². The molecule has 1 atom stereocenters. The van der Waals surface area contributed by atoms with Crippen LogP contribution >= 0.6 is 11.3 Å².